The van der Waals surface area contributed by atoms with Crippen molar-refractivity contribution in [3.8, 4) is 0 Å². The molecule has 3 rings (SSSR count). The van der Waals surface area contributed by atoms with Crippen LogP contribution in [0.25, 0.3) is 21.8 Å². The summed E-state index contributed by atoms with van der Waals surface area (Å²) < 4.78 is 0. The fraction of sp³-hybridized carbons (Fsp3) is 0.444. The minimum Gasteiger partial charge on any atom is -0.362 e. The number of hydrogen-bond donors (Lipinski definition) is 4. The van der Waals surface area contributed by atoms with E-state index in [1.165, 1.54) is 38.5 Å². The minimum atomic E-state index is 0.652. The maximum Gasteiger partial charge on any atom is 0.170 e. The van der Waals surface area contributed by atoms with Crippen molar-refractivity contribution in [1.29, 1.82) is 0 Å². The number of hydrogen-bond acceptors (Lipinski definition) is 3. The third-order valence-electron chi connectivity index (χ3n) is 5.76. The number of rotatable bonds is 12. The van der Waals surface area contributed by atoms with Crippen LogP contribution in [0.4, 0.5) is 11.4 Å². The van der Waals surface area contributed by atoms with E-state index < -0.39 is 0 Å². The zero-order chi connectivity index (χ0) is 24.2. The van der Waals surface area contributed by atoms with Gasteiger partial charge in [-0.05, 0) is 67.6 Å². The number of thiocarbonyl (C=S) groups is 2. The molecule has 7 heteroatoms. The van der Waals surface area contributed by atoms with Gasteiger partial charge in [-0.15, -0.1) is 0 Å². The van der Waals surface area contributed by atoms with Gasteiger partial charge in [0.1, 0.15) is 0 Å². The Balaban J connectivity index is 1.61. The molecule has 1 heterocycles. The third kappa shape index (κ3) is 8.37. The van der Waals surface area contributed by atoms with E-state index in [0.717, 1.165) is 59.1 Å². The highest BCUT2D eigenvalue weighted by atomic mass is 32.1. The molecule has 0 saturated carbocycles. The summed E-state index contributed by atoms with van der Waals surface area (Å²) in [6.45, 7) is 6.23. The number of pyridine rings is 1. The predicted octanol–water partition coefficient (Wildman–Crippen LogP) is 7.12. The predicted molar refractivity (Wildman–Crippen MR) is 156 cm³/mol. The second-order valence-electron chi connectivity index (χ2n) is 8.69. The van der Waals surface area contributed by atoms with Crippen LogP contribution in [0.5, 0.6) is 0 Å². The first-order chi connectivity index (χ1) is 16.6. The Bertz CT molecular complexity index is 1020. The first-order valence-electron chi connectivity index (χ1n) is 12.5. The molecule has 0 amide bonds. The topological polar surface area (TPSA) is 61.0 Å². The second-order valence-corrected chi connectivity index (χ2v) is 9.50. The molecule has 5 nitrogen and oxygen atoms in total. The van der Waals surface area contributed by atoms with Gasteiger partial charge in [-0.3, -0.25) is 0 Å². The second kappa shape index (κ2) is 14.0. The van der Waals surface area contributed by atoms with Crippen LogP contribution in [-0.2, 0) is 0 Å². The summed E-state index contributed by atoms with van der Waals surface area (Å²) in [5.41, 5.74) is 3.73. The van der Waals surface area contributed by atoms with Crippen LogP contribution in [-0.4, -0.2) is 28.3 Å². The zero-order valence-corrected chi connectivity index (χ0v) is 22.0. The highest BCUT2D eigenvalue weighted by Crippen LogP contribution is 2.24. The van der Waals surface area contributed by atoms with E-state index in [0.29, 0.717) is 10.2 Å². The highest BCUT2D eigenvalue weighted by Gasteiger charge is 2.05. The van der Waals surface area contributed by atoms with E-state index >= 15 is 0 Å². The smallest absolute Gasteiger partial charge is 0.170 e. The van der Waals surface area contributed by atoms with Crippen LogP contribution in [0, 0.1) is 0 Å². The lowest BCUT2D eigenvalue weighted by molar-refractivity contribution is 0.655. The lowest BCUT2D eigenvalue weighted by Gasteiger charge is -2.12. The molecule has 0 aliphatic carbocycles. The fourth-order valence-corrected chi connectivity index (χ4v) is 4.28. The van der Waals surface area contributed by atoms with Crippen LogP contribution in [0.3, 0.4) is 0 Å². The van der Waals surface area contributed by atoms with Gasteiger partial charge in [0.15, 0.2) is 10.2 Å². The van der Waals surface area contributed by atoms with Gasteiger partial charge in [0.05, 0.1) is 11.0 Å². The summed E-state index contributed by atoms with van der Waals surface area (Å²) in [6, 6.07) is 14.5. The van der Waals surface area contributed by atoms with Crippen molar-refractivity contribution in [2.45, 2.75) is 65.2 Å². The first kappa shape index (κ1) is 26.1. The van der Waals surface area contributed by atoms with Crippen molar-refractivity contribution in [2.24, 2.45) is 0 Å². The first-order valence-corrected chi connectivity index (χ1v) is 13.3. The molecule has 0 unspecified atom stereocenters. The van der Waals surface area contributed by atoms with E-state index in [1.54, 1.807) is 0 Å². The van der Waals surface area contributed by atoms with Crippen LogP contribution >= 0.6 is 24.4 Å². The van der Waals surface area contributed by atoms with E-state index in [2.05, 4.69) is 53.3 Å². The Morgan fingerprint density at radius 1 is 0.647 bits per heavy atom. The molecule has 3 aromatic rings. The molecule has 1 aromatic heterocycles. The summed E-state index contributed by atoms with van der Waals surface area (Å²) in [6.07, 6.45) is 9.74. The van der Waals surface area contributed by atoms with E-state index in [4.69, 9.17) is 29.4 Å². The number of aromatic nitrogens is 1. The lowest BCUT2D eigenvalue weighted by atomic mass is 10.1. The Labute approximate surface area is 214 Å². The third-order valence-corrected chi connectivity index (χ3v) is 6.25. The average molecular weight is 496 g/mol. The SMILES string of the molecule is CCCCCCNC(=S)Nc1ccc2cc3ccc(NC(=S)NCCCCCC)cc3nc2c1. The van der Waals surface area contributed by atoms with Crippen molar-refractivity contribution < 1.29 is 0 Å². The van der Waals surface area contributed by atoms with E-state index in [1.807, 2.05) is 24.3 Å². The van der Waals surface area contributed by atoms with Crippen molar-refractivity contribution in [3.63, 3.8) is 0 Å². The molecule has 4 N–H and O–H groups in total. The molecular formula is C27H37N5S2. The summed E-state index contributed by atoms with van der Waals surface area (Å²) in [4.78, 5) is 4.90. The number of unbranched alkanes of at least 4 members (excludes halogenated alkanes) is 6. The zero-order valence-electron chi connectivity index (χ0n) is 20.4. The number of anilines is 2. The molecular weight excluding hydrogens is 458 g/mol. The molecule has 0 aliphatic heterocycles. The van der Waals surface area contributed by atoms with Crippen LogP contribution in [0.15, 0.2) is 42.5 Å². The van der Waals surface area contributed by atoms with Gasteiger partial charge >= 0.3 is 0 Å². The number of nitrogens with zero attached hydrogens (tertiary/aromatic N) is 1. The molecule has 0 atom stereocenters. The molecule has 2 aromatic carbocycles. The molecule has 34 heavy (non-hydrogen) atoms. The lowest BCUT2D eigenvalue weighted by Crippen LogP contribution is -2.29. The van der Waals surface area contributed by atoms with Gasteiger partial charge in [0, 0.05) is 35.2 Å². The standard InChI is InChI=1S/C27H37N5S2/c1-3-5-7-9-15-28-26(33)30-22-13-11-20-17-21-12-14-23(19-25(21)32-24(20)18-22)31-27(34)29-16-10-8-6-4-2/h11-14,17-19H,3-10,15-16H2,1-2H3,(H2,28,30,33)(H2,29,31,34). The van der Waals surface area contributed by atoms with Gasteiger partial charge in [-0.1, -0.05) is 64.5 Å². The molecule has 0 fully saturated rings. The fourth-order valence-electron chi connectivity index (χ4n) is 3.84. The molecule has 0 aliphatic rings. The quantitative estimate of drug-likeness (QED) is 0.121. The summed E-state index contributed by atoms with van der Waals surface area (Å²) in [5.74, 6) is 0. The highest BCUT2D eigenvalue weighted by molar-refractivity contribution is 7.80. The van der Waals surface area contributed by atoms with Gasteiger partial charge in [-0.25, -0.2) is 4.98 Å². The van der Waals surface area contributed by atoms with Crippen molar-refractivity contribution in [3.05, 3.63) is 42.5 Å². The summed E-state index contributed by atoms with van der Waals surface area (Å²) in [5, 5.41) is 16.7. The van der Waals surface area contributed by atoms with E-state index in [-0.39, 0.29) is 0 Å². The average Bonchev–Trinajstić information content (AvgIpc) is 2.82. The number of nitrogens with one attached hydrogen (secondary N) is 4. The van der Waals surface area contributed by atoms with Gasteiger partial charge < -0.3 is 21.3 Å². The Morgan fingerprint density at radius 2 is 1.12 bits per heavy atom. The van der Waals surface area contributed by atoms with Crippen molar-refractivity contribution in [2.75, 3.05) is 23.7 Å². The van der Waals surface area contributed by atoms with Crippen molar-refractivity contribution in [1.82, 2.24) is 15.6 Å². The normalized spacial score (nSPS) is 10.9. The Morgan fingerprint density at radius 3 is 1.56 bits per heavy atom. The van der Waals surface area contributed by atoms with Crippen LogP contribution in [0.1, 0.15) is 65.2 Å². The molecule has 182 valence electrons. The van der Waals surface area contributed by atoms with Gasteiger partial charge in [0.25, 0.3) is 0 Å². The monoisotopic (exact) mass is 495 g/mol. The Hall–Kier alpha value is -2.51. The number of benzene rings is 2. The minimum absolute atomic E-state index is 0.652. The van der Waals surface area contributed by atoms with Crippen LogP contribution < -0.4 is 21.3 Å². The molecule has 0 radical (unpaired) electrons. The summed E-state index contributed by atoms with van der Waals surface area (Å²) in [7, 11) is 0. The Kier molecular flexibility index (Phi) is 10.8. The molecule has 0 bridgehead atoms. The van der Waals surface area contributed by atoms with Gasteiger partial charge in [0.2, 0.25) is 0 Å². The summed E-state index contributed by atoms with van der Waals surface area (Å²) >= 11 is 10.9. The van der Waals surface area contributed by atoms with Gasteiger partial charge in [-0.2, -0.15) is 0 Å². The van der Waals surface area contributed by atoms with Crippen molar-refractivity contribution >= 4 is 67.8 Å². The van der Waals surface area contributed by atoms with E-state index in [9.17, 15) is 0 Å². The largest absolute Gasteiger partial charge is 0.362 e. The maximum atomic E-state index is 5.45. The number of fused-ring (bicyclic) bond motifs is 2. The molecule has 0 spiro atoms. The molecule has 0 saturated heterocycles. The van der Waals surface area contributed by atoms with Crippen LogP contribution in [0.2, 0.25) is 0 Å². The maximum absolute atomic E-state index is 5.45.